The number of nitrogens with one attached hydrogen (secondary N) is 4. The summed E-state index contributed by atoms with van der Waals surface area (Å²) < 4.78 is 38.0. The molecular weight excluding hydrogens is 943 g/mol. The van der Waals surface area contributed by atoms with Crippen molar-refractivity contribution in [1.82, 2.24) is 35.4 Å². The Hall–Kier alpha value is -6.77. The highest BCUT2D eigenvalue weighted by Gasteiger charge is 2.54. The SMILES string of the molecule is C#Cc1c(F)ccc2cc(O)cc(-c3ncc4c(N5CC6CCC(C5)N6)nc(OCC5(CN6CC7(CC(C)C7)C6)CC5)nc4c3F)c12.CNc1cc(C2CCN(C=O)CC2)ccc1C(=N)C(C)CCC(=O)NC=O. The van der Waals surface area contributed by atoms with Crippen LogP contribution >= 0.6 is 0 Å². The fraction of sp³-hybridized carbons (Fsp3) is 0.491. The number of hydrogen-bond donors (Lipinski definition) is 5. The number of rotatable bonds is 16. The fourth-order valence-electron chi connectivity index (χ4n) is 12.6. The minimum absolute atomic E-state index is 0.0165. The molecule has 2 saturated carbocycles. The summed E-state index contributed by atoms with van der Waals surface area (Å²) in [5.41, 5.74) is 4.22. The minimum atomic E-state index is -0.699. The zero-order chi connectivity index (χ0) is 51.9. The van der Waals surface area contributed by atoms with Gasteiger partial charge in [0.15, 0.2) is 5.82 Å². The van der Waals surface area contributed by atoms with E-state index in [1.165, 1.54) is 55.8 Å². The molecule has 0 radical (unpaired) electrons. The van der Waals surface area contributed by atoms with Gasteiger partial charge in [0.05, 0.1) is 17.6 Å². The van der Waals surface area contributed by atoms with E-state index in [-0.39, 0.29) is 57.8 Å². The average Bonchev–Trinajstić information content (AvgIpc) is 4.08. The third-order valence-corrected chi connectivity index (χ3v) is 16.6. The summed E-state index contributed by atoms with van der Waals surface area (Å²) in [5.74, 6) is 2.44. The Balaban J connectivity index is 0.000000199. The van der Waals surface area contributed by atoms with Crippen molar-refractivity contribution in [3.05, 3.63) is 77.0 Å². The van der Waals surface area contributed by atoms with Gasteiger partial charge in [0.1, 0.15) is 28.6 Å². The van der Waals surface area contributed by atoms with E-state index in [1.807, 2.05) is 24.9 Å². The molecule has 3 amide bonds. The van der Waals surface area contributed by atoms with E-state index in [2.05, 4.69) is 60.7 Å². The van der Waals surface area contributed by atoms with Gasteiger partial charge in [-0.05, 0) is 116 Å². The monoisotopic (exact) mass is 1010 g/mol. The molecule has 3 aromatic carbocycles. The predicted molar refractivity (Wildman–Crippen MR) is 281 cm³/mol. The third kappa shape index (κ3) is 10.4. The first-order chi connectivity index (χ1) is 35.7. The van der Waals surface area contributed by atoms with Gasteiger partial charge in [-0.25, -0.2) is 8.78 Å². The number of piperazine rings is 1. The number of fused-ring (bicyclic) bond motifs is 4. The number of piperidine rings is 1. The highest BCUT2D eigenvalue weighted by atomic mass is 19.1. The van der Waals surface area contributed by atoms with Gasteiger partial charge in [-0.1, -0.05) is 38.0 Å². The summed E-state index contributed by atoms with van der Waals surface area (Å²) >= 11 is 0. The summed E-state index contributed by atoms with van der Waals surface area (Å²) in [7, 11) is 1.84. The van der Waals surface area contributed by atoms with Gasteiger partial charge in [0.2, 0.25) is 18.7 Å². The lowest BCUT2D eigenvalue weighted by Gasteiger charge is -2.59. The van der Waals surface area contributed by atoms with Gasteiger partial charge >= 0.3 is 6.01 Å². The van der Waals surface area contributed by atoms with E-state index >= 15 is 4.39 Å². The maximum Gasteiger partial charge on any atom is 0.319 e. The van der Waals surface area contributed by atoms with Crippen molar-refractivity contribution >= 4 is 57.6 Å². The topological polar surface area (TPSA) is 189 Å². The number of benzene rings is 3. The Morgan fingerprint density at radius 2 is 1.80 bits per heavy atom. The molecule has 2 aromatic heterocycles. The summed E-state index contributed by atoms with van der Waals surface area (Å²) in [6.45, 7) is 11.1. The number of halogens is 2. The molecule has 11 rings (SSSR count). The molecule has 15 nitrogen and oxygen atoms in total. The second-order valence-corrected chi connectivity index (χ2v) is 22.2. The first-order valence-electron chi connectivity index (χ1n) is 26.2. The van der Waals surface area contributed by atoms with Crippen molar-refractivity contribution in [3.63, 3.8) is 0 Å². The van der Waals surface area contributed by atoms with E-state index in [1.54, 1.807) is 6.20 Å². The van der Waals surface area contributed by atoms with E-state index in [0.29, 0.717) is 70.5 Å². The van der Waals surface area contributed by atoms with Crippen LogP contribution in [0.2, 0.25) is 0 Å². The number of terminal acetylenes is 1. The molecule has 5 N–H and O–H groups in total. The predicted octanol–water partition coefficient (Wildman–Crippen LogP) is 7.76. The standard InChI is InChI=1S/C37H38F2N6O2.C20H28N4O3/c1-3-26-29(38)7-4-22-10-25(46)11-27(30(22)26)32-31(39)33-28(14-40-32)34(45-15-23-5-6-24(16-45)41-23)43-35(42-33)47-20-36(8-9-36)17-44-18-37(19-44)12-21(2)13-37;1-14(3-6-19(27)23-12-25)20(21)17-5-4-16(11-18(17)22-2)15-7-9-24(13-26)10-8-15/h1,4,7,10-11,14,21,23-24,41,46H,5-6,8-9,12-13,15-20H2,2H3;4-5,11-15,21-22H,3,6-10H2,1-2H3,(H,23,25,27). The molecule has 1 spiro atoms. The summed E-state index contributed by atoms with van der Waals surface area (Å²) in [5, 5.41) is 29.3. The second kappa shape index (κ2) is 20.9. The zero-order valence-corrected chi connectivity index (χ0v) is 42.5. The Bertz CT molecular complexity index is 3020. The highest BCUT2D eigenvalue weighted by Crippen LogP contribution is 2.55. The van der Waals surface area contributed by atoms with Gasteiger partial charge < -0.3 is 40.6 Å². The van der Waals surface area contributed by atoms with Gasteiger partial charge in [-0.15, -0.1) is 6.42 Å². The number of amides is 3. The fourth-order valence-corrected chi connectivity index (χ4v) is 12.6. The van der Waals surface area contributed by atoms with Crippen LogP contribution in [0.15, 0.2) is 48.7 Å². The first-order valence-corrected chi connectivity index (χ1v) is 26.2. The normalized spacial score (nSPS) is 21.2. The van der Waals surface area contributed by atoms with Crippen LogP contribution in [0, 0.1) is 52.1 Å². The molecule has 2 aliphatic carbocycles. The van der Waals surface area contributed by atoms with Gasteiger partial charge in [0.25, 0.3) is 0 Å². The van der Waals surface area contributed by atoms with Crippen molar-refractivity contribution in [1.29, 1.82) is 5.41 Å². The van der Waals surface area contributed by atoms with Crippen molar-refractivity contribution in [2.75, 3.05) is 69.7 Å². The molecule has 4 aliphatic heterocycles. The first kappa shape index (κ1) is 50.7. The lowest BCUT2D eigenvalue weighted by Crippen LogP contribution is -2.62. The maximum atomic E-state index is 16.8. The number of imide groups is 1. The van der Waals surface area contributed by atoms with Crippen LogP contribution in [0.3, 0.4) is 0 Å². The van der Waals surface area contributed by atoms with Crippen LogP contribution in [-0.2, 0) is 14.4 Å². The summed E-state index contributed by atoms with van der Waals surface area (Å²) in [6.07, 6.45) is 18.2. The van der Waals surface area contributed by atoms with E-state index < -0.39 is 11.6 Å². The van der Waals surface area contributed by atoms with Gasteiger partial charge in [-0.3, -0.25) is 24.7 Å². The largest absolute Gasteiger partial charge is 0.508 e. The van der Waals surface area contributed by atoms with Crippen LogP contribution < -0.4 is 25.6 Å². The number of phenols is 1. The number of phenolic OH excluding ortho intramolecular Hbond substituents is 1. The lowest BCUT2D eigenvalue weighted by molar-refractivity contribution is -0.125. The molecule has 6 heterocycles. The second-order valence-electron chi connectivity index (χ2n) is 22.2. The van der Waals surface area contributed by atoms with E-state index in [9.17, 15) is 23.9 Å². The molecule has 5 aromatic rings. The number of nitrogens with zero attached hydrogens (tertiary/aromatic N) is 6. The number of anilines is 2. The molecule has 6 aliphatic rings. The van der Waals surface area contributed by atoms with Crippen LogP contribution in [-0.4, -0.2) is 126 Å². The number of aromatic nitrogens is 3. The van der Waals surface area contributed by atoms with Crippen LogP contribution in [0.5, 0.6) is 11.8 Å². The zero-order valence-electron chi connectivity index (χ0n) is 42.5. The lowest BCUT2D eigenvalue weighted by atomic mass is 9.58. The number of carbonyl (C=O) groups is 3. The molecule has 4 saturated heterocycles. The van der Waals surface area contributed by atoms with Crippen LogP contribution in [0.25, 0.3) is 32.9 Å². The quantitative estimate of drug-likeness (QED) is 0.0368. The number of ether oxygens (including phenoxy) is 1. The number of hydrogen-bond acceptors (Lipinski definition) is 13. The molecule has 388 valence electrons. The number of aromatic hydroxyl groups is 1. The van der Waals surface area contributed by atoms with Gasteiger partial charge in [-0.2, -0.15) is 9.97 Å². The molecule has 74 heavy (non-hydrogen) atoms. The van der Waals surface area contributed by atoms with Crippen molar-refractivity contribution < 1.29 is 33.0 Å². The molecule has 17 heteroatoms. The smallest absolute Gasteiger partial charge is 0.319 e. The van der Waals surface area contributed by atoms with Gasteiger partial charge in [0, 0.05) is 111 Å². The van der Waals surface area contributed by atoms with E-state index in [4.69, 9.17) is 21.6 Å². The molecular formula is C57H66F2N10O5. The Labute approximate surface area is 430 Å². The summed E-state index contributed by atoms with van der Waals surface area (Å²) in [4.78, 5) is 53.3. The average molecular weight is 1010 g/mol. The van der Waals surface area contributed by atoms with E-state index in [0.717, 1.165) is 94.8 Å². The Kier molecular flexibility index (Phi) is 14.3. The number of carbonyl (C=O) groups excluding carboxylic acids is 3. The van der Waals surface area contributed by atoms with Crippen molar-refractivity contribution in [2.45, 2.75) is 96.1 Å². The highest BCUT2D eigenvalue weighted by molar-refractivity contribution is 6.05. The number of likely N-dealkylation sites (tertiary alicyclic amines) is 2. The number of pyridine rings is 1. The Morgan fingerprint density at radius 1 is 1.05 bits per heavy atom. The molecule has 3 atom stereocenters. The van der Waals surface area contributed by atoms with Crippen LogP contribution in [0.1, 0.15) is 101 Å². The minimum Gasteiger partial charge on any atom is -0.508 e. The van der Waals surface area contributed by atoms with Crippen molar-refractivity contribution in [3.8, 4) is 35.4 Å². The third-order valence-electron chi connectivity index (χ3n) is 16.6. The Morgan fingerprint density at radius 3 is 2.46 bits per heavy atom. The van der Waals surface area contributed by atoms with Crippen molar-refractivity contribution in [2.24, 2.45) is 22.7 Å². The molecule has 2 bridgehead atoms. The summed E-state index contributed by atoms with van der Waals surface area (Å²) in [6, 6.07) is 12.6. The molecule has 6 fully saturated rings. The van der Waals surface area contributed by atoms with Crippen LogP contribution in [0.4, 0.5) is 20.3 Å². The molecule has 3 unspecified atom stereocenters. The maximum absolute atomic E-state index is 16.8.